The van der Waals surface area contributed by atoms with Crippen molar-refractivity contribution in [2.24, 2.45) is 0 Å². The zero-order valence-electron chi connectivity index (χ0n) is 10.7. The highest BCUT2D eigenvalue weighted by molar-refractivity contribution is 5.40. The van der Waals surface area contributed by atoms with Crippen LogP contribution in [-0.4, -0.2) is 16.6 Å². The quantitative estimate of drug-likeness (QED) is 0.823. The van der Waals surface area contributed by atoms with Gasteiger partial charge in [-0.1, -0.05) is 27.7 Å². The van der Waals surface area contributed by atoms with E-state index < -0.39 is 0 Å². The van der Waals surface area contributed by atoms with Gasteiger partial charge in [0.25, 0.3) is 0 Å². The van der Waals surface area contributed by atoms with Gasteiger partial charge in [-0.2, -0.15) is 0 Å². The predicted octanol–water partition coefficient (Wildman–Crippen LogP) is 2.69. The standard InChI is InChI=1S/C13H22N2O/c1-5-6-14-12-8-10(9-16)7-11(15-12)13(2,3)4/h7-8,16H,5-6,9H2,1-4H3,(H,14,15). The number of rotatable bonds is 4. The van der Waals surface area contributed by atoms with E-state index in [0.29, 0.717) is 0 Å². The number of aliphatic hydroxyl groups is 1. The monoisotopic (exact) mass is 222 g/mol. The van der Waals surface area contributed by atoms with E-state index in [4.69, 9.17) is 0 Å². The van der Waals surface area contributed by atoms with Gasteiger partial charge < -0.3 is 10.4 Å². The van der Waals surface area contributed by atoms with Crippen LogP contribution in [0.15, 0.2) is 12.1 Å². The van der Waals surface area contributed by atoms with Gasteiger partial charge >= 0.3 is 0 Å². The van der Waals surface area contributed by atoms with E-state index in [-0.39, 0.29) is 12.0 Å². The Hall–Kier alpha value is -1.09. The number of anilines is 1. The first-order valence-electron chi connectivity index (χ1n) is 5.83. The highest BCUT2D eigenvalue weighted by Gasteiger charge is 2.16. The van der Waals surface area contributed by atoms with Crippen LogP contribution in [0.5, 0.6) is 0 Å². The molecule has 0 aliphatic carbocycles. The molecule has 16 heavy (non-hydrogen) atoms. The Bertz CT molecular complexity index is 342. The normalized spacial score (nSPS) is 11.6. The second kappa shape index (κ2) is 5.30. The lowest BCUT2D eigenvalue weighted by Crippen LogP contribution is -2.15. The topological polar surface area (TPSA) is 45.1 Å². The molecule has 0 aliphatic heterocycles. The molecule has 2 N–H and O–H groups in total. The van der Waals surface area contributed by atoms with Crippen LogP contribution in [0.25, 0.3) is 0 Å². The molecule has 0 aliphatic rings. The summed E-state index contributed by atoms with van der Waals surface area (Å²) in [6.07, 6.45) is 1.07. The Morgan fingerprint density at radius 3 is 2.50 bits per heavy atom. The summed E-state index contributed by atoms with van der Waals surface area (Å²) in [4.78, 5) is 4.57. The number of aliphatic hydroxyl groups excluding tert-OH is 1. The highest BCUT2D eigenvalue weighted by Crippen LogP contribution is 2.23. The summed E-state index contributed by atoms with van der Waals surface area (Å²) in [5.41, 5.74) is 1.93. The molecule has 1 rings (SSSR count). The number of aromatic nitrogens is 1. The maximum Gasteiger partial charge on any atom is 0.126 e. The molecule has 0 saturated heterocycles. The average molecular weight is 222 g/mol. The first kappa shape index (κ1) is 13.0. The van der Waals surface area contributed by atoms with E-state index in [1.807, 2.05) is 12.1 Å². The van der Waals surface area contributed by atoms with Gasteiger partial charge in [0, 0.05) is 17.7 Å². The van der Waals surface area contributed by atoms with Crippen LogP contribution >= 0.6 is 0 Å². The van der Waals surface area contributed by atoms with Crippen molar-refractivity contribution in [2.75, 3.05) is 11.9 Å². The molecule has 1 aromatic heterocycles. The lowest BCUT2D eigenvalue weighted by Gasteiger charge is -2.20. The summed E-state index contributed by atoms with van der Waals surface area (Å²) in [7, 11) is 0. The van der Waals surface area contributed by atoms with Gasteiger partial charge in [-0.3, -0.25) is 0 Å². The van der Waals surface area contributed by atoms with Gasteiger partial charge in [-0.15, -0.1) is 0 Å². The fraction of sp³-hybridized carbons (Fsp3) is 0.615. The Balaban J connectivity index is 3.01. The molecule has 1 heterocycles. The molecule has 90 valence electrons. The third-order valence-corrected chi connectivity index (χ3v) is 2.39. The summed E-state index contributed by atoms with van der Waals surface area (Å²) >= 11 is 0. The van der Waals surface area contributed by atoms with E-state index in [2.05, 4.69) is 38.0 Å². The highest BCUT2D eigenvalue weighted by atomic mass is 16.3. The molecule has 3 nitrogen and oxygen atoms in total. The van der Waals surface area contributed by atoms with Crippen molar-refractivity contribution in [3.05, 3.63) is 23.4 Å². The zero-order valence-corrected chi connectivity index (χ0v) is 10.7. The fourth-order valence-electron chi connectivity index (χ4n) is 1.41. The van der Waals surface area contributed by atoms with Gasteiger partial charge in [0.2, 0.25) is 0 Å². The van der Waals surface area contributed by atoms with E-state index in [1.165, 1.54) is 0 Å². The molecular formula is C13H22N2O. The Kier molecular flexibility index (Phi) is 4.30. The zero-order chi connectivity index (χ0) is 12.2. The summed E-state index contributed by atoms with van der Waals surface area (Å²) in [5.74, 6) is 0.860. The largest absolute Gasteiger partial charge is 0.392 e. The second-order valence-corrected chi connectivity index (χ2v) is 5.08. The lowest BCUT2D eigenvalue weighted by atomic mass is 9.91. The van der Waals surface area contributed by atoms with Crippen molar-refractivity contribution in [2.45, 2.75) is 46.1 Å². The maximum absolute atomic E-state index is 9.22. The van der Waals surface area contributed by atoms with Crippen LogP contribution in [0.3, 0.4) is 0 Å². The van der Waals surface area contributed by atoms with Crippen molar-refractivity contribution < 1.29 is 5.11 Å². The van der Waals surface area contributed by atoms with E-state index in [9.17, 15) is 5.11 Å². The fourth-order valence-corrected chi connectivity index (χ4v) is 1.41. The van der Waals surface area contributed by atoms with Crippen LogP contribution < -0.4 is 5.32 Å². The number of nitrogens with one attached hydrogen (secondary N) is 1. The predicted molar refractivity (Wildman–Crippen MR) is 67.6 cm³/mol. The summed E-state index contributed by atoms with van der Waals surface area (Å²) < 4.78 is 0. The minimum Gasteiger partial charge on any atom is -0.392 e. The SMILES string of the molecule is CCCNc1cc(CO)cc(C(C)(C)C)n1. The van der Waals surface area contributed by atoms with Gasteiger partial charge in [-0.05, 0) is 24.1 Å². The molecule has 0 saturated carbocycles. The smallest absolute Gasteiger partial charge is 0.126 e. The summed E-state index contributed by atoms with van der Waals surface area (Å²) in [6.45, 7) is 9.46. The van der Waals surface area contributed by atoms with E-state index in [1.54, 1.807) is 0 Å². The molecule has 0 radical (unpaired) electrons. The van der Waals surface area contributed by atoms with Gasteiger partial charge in [-0.25, -0.2) is 4.98 Å². The van der Waals surface area contributed by atoms with E-state index in [0.717, 1.165) is 30.0 Å². The minimum atomic E-state index is 0.00776. The minimum absolute atomic E-state index is 0.00776. The Morgan fingerprint density at radius 2 is 2.00 bits per heavy atom. The molecule has 1 aromatic rings. The van der Waals surface area contributed by atoms with Crippen molar-refractivity contribution in [3.8, 4) is 0 Å². The van der Waals surface area contributed by atoms with Gasteiger partial charge in [0.1, 0.15) is 5.82 Å². The molecule has 3 heteroatoms. The van der Waals surface area contributed by atoms with Crippen LogP contribution in [0.1, 0.15) is 45.4 Å². The van der Waals surface area contributed by atoms with Gasteiger partial charge in [0.05, 0.1) is 6.61 Å². The molecule has 0 aromatic carbocycles. The average Bonchev–Trinajstić information content (AvgIpc) is 2.24. The molecular weight excluding hydrogens is 200 g/mol. The van der Waals surface area contributed by atoms with Crippen LogP contribution in [0, 0.1) is 0 Å². The maximum atomic E-state index is 9.22. The van der Waals surface area contributed by atoms with E-state index >= 15 is 0 Å². The van der Waals surface area contributed by atoms with Crippen LogP contribution in [-0.2, 0) is 12.0 Å². The number of nitrogens with zero attached hydrogens (tertiary/aromatic N) is 1. The molecule has 0 unspecified atom stereocenters. The molecule has 0 fully saturated rings. The summed E-state index contributed by atoms with van der Waals surface area (Å²) in [5, 5.41) is 12.5. The number of hydrogen-bond acceptors (Lipinski definition) is 3. The summed E-state index contributed by atoms with van der Waals surface area (Å²) in [6, 6.07) is 3.88. The molecule has 0 bridgehead atoms. The van der Waals surface area contributed by atoms with Crippen molar-refractivity contribution >= 4 is 5.82 Å². The Morgan fingerprint density at radius 1 is 1.31 bits per heavy atom. The number of hydrogen-bond donors (Lipinski definition) is 2. The molecule has 0 atom stereocenters. The van der Waals surface area contributed by atoms with Gasteiger partial charge in [0.15, 0.2) is 0 Å². The van der Waals surface area contributed by atoms with Crippen molar-refractivity contribution in [1.82, 2.24) is 4.98 Å². The Labute approximate surface area is 97.9 Å². The van der Waals surface area contributed by atoms with Crippen molar-refractivity contribution in [1.29, 1.82) is 0 Å². The van der Waals surface area contributed by atoms with Crippen LogP contribution in [0.2, 0.25) is 0 Å². The lowest BCUT2D eigenvalue weighted by molar-refractivity contribution is 0.281. The molecule has 0 spiro atoms. The van der Waals surface area contributed by atoms with Crippen LogP contribution in [0.4, 0.5) is 5.82 Å². The van der Waals surface area contributed by atoms with Crippen molar-refractivity contribution in [3.63, 3.8) is 0 Å². The number of pyridine rings is 1. The second-order valence-electron chi connectivity index (χ2n) is 5.08. The first-order chi connectivity index (χ1) is 7.47. The third-order valence-electron chi connectivity index (χ3n) is 2.39. The third kappa shape index (κ3) is 3.49. The molecule has 0 amide bonds. The first-order valence-corrected chi connectivity index (χ1v) is 5.83.